The molecule has 7 heteroatoms. The predicted octanol–water partition coefficient (Wildman–Crippen LogP) is 4.19. The molecule has 1 amide bonds. The van der Waals surface area contributed by atoms with E-state index in [1.165, 1.54) is 18.4 Å². The van der Waals surface area contributed by atoms with Crippen molar-refractivity contribution in [2.75, 3.05) is 31.1 Å². The molecular formula is C29H39ClN4O2. The van der Waals surface area contributed by atoms with E-state index in [0.717, 1.165) is 31.0 Å². The van der Waals surface area contributed by atoms with E-state index < -0.39 is 6.23 Å². The van der Waals surface area contributed by atoms with E-state index in [1.54, 1.807) is 0 Å². The largest absolute Gasteiger partial charge is 0.372 e. The number of nitrogens with one attached hydrogen (secondary N) is 2. The van der Waals surface area contributed by atoms with E-state index >= 15 is 0 Å². The molecule has 36 heavy (non-hydrogen) atoms. The summed E-state index contributed by atoms with van der Waals surface area (Å²) in [5.41, 5.74) is 1.86. The van der Waals surface area contributed by atoms with E-state index in [0.29, 0.717) is 24.7 Å². The van der Waals surface area contributed by atoms with Crippen LogP contribution in [-0.2, 0) is 4.79 Å². The Kier molecular flexibility index (Phi) is 7.59. The van der Waals surface area contributed by atoms with Crippen LogP contribution < -0.4 is 15.5 Å². The molecule has 6 nitrogen and oxygen atoms in total. The number of anilines is 1. The molecule has 0 aromatic heterocycles. The van der Waals surface area contributed by atoms with Gasteiger partial charge in [-0.2, -0.15) is 0 Å². The topological polar surface area (TPSA) is 67.8 Å². The maximum Gasteiger partial charge on any atom is 0.224 e. The third-order valence-electron chi connectivity index (χ3n) is 8.14. The van der Waals surface area contributed by atoms with Crippen LogP contribution in [0.4, 0.5) is 5.69 Å². The van der Waals surface area contributed by atoms with E-state index in [-0.39, 0.29) is 29.4 Å². The molecule has 0 radical (unpaired) electrons. The van der Waals surface area contributed by atoms with Crippen LogP contribution in [0.2, 0.25) is 5.02 Å². The number of benzene rings is 2. The van der Waals surface area contributed by atoms with Crippen molar-refractivity contribution in [3.8, 4) is 0 Å². The molecule has 4 atom stereocenters. The molecule has 2 aromatic carbocycles. The number of piperidine rings is 1. The van der Waals surface area contributed by atoms with Gasteiger partial charge in [-0.15, -0.1) is 0 Å². The second-order valence-corrected chi connectivity index (χ2v) is 11.8. The molecule has 3 fully saturated rings. The van der Waals surface area contributed by atoms with Gasteiger partial charge in [-0.25, -0.2) is 0 Å². The Balaban J connectivity index is 1.25. The smallest absolute Gasteiger partial charge is 0.224 e. The first kappa shape index (κ1) is 25.5. The van der Waals surface area contributed by atoms with Crippen LogP contribution in [0.3, 0.4) is 0 Å². The van der Waals surface area contributed by atoms with Crippen molar-refractivity contribution in [1.29, 1.82) is 0 Å². The highest BCUT2D eigenvalue weighted by atomic mass is 35.5. The molecule has 3 aliphatic rings. The van der Waals surface area contributed by atoms with Crippen LogP contribution in [0.25, 0.3) is 0 Å². The molecule has 3 N–H and O–H groups in total. The van der Waals surface area contributed by atoms with Crippen molar-refractivity contribution in [3.63, 3.8) is 0 Å². The number of aliphatic hydroxyl groups excluding tert-OH is 1. The molecule has 2 unspecified atom stereocenters. The van der Waals surface area contributed by atoms with Gasteiger partial charge in [-0.1, -0.05) is 66.9 Å². The molecule has 0 spiro atoms. The summed E-state index contributed by atoms with van der Waals surface area (Å²) in [5, 5.41) is 18.7. The van der Waals surface area contributed by atoms with Crippen LogP contribution >= 0.6 is 11.6 Å². The molecule has 1 aliphatic carbocycles. The fourth-order valence-electron chi connectivity index (χ4n) is 6.00. The lowest BCUT2D eigenvalue weighted by Gasteiger charge is -2.54. The maximum absolute atomic E-state index is 13.5. The Bertz CT molecular complexity index is 1040. The number of hydrogen-bond donors (Lipinski definition) is 3. The Hall–Kier alpha value is -2.12. The monoisotopic (exact) mass is 510 g/mol. The molecule has 2 saturated heterocycles. The second kappa shape index (κ2) is 10.7. The highest BCUT2D eigenvalue weighted by Crippen LogP contribution is 2.38. The van der Waals surface area contributed by atoms with E-state index in [2.05, 4.69) is 53.6 Å². The van der Waals surface area contributed by atoms with Gasteiger partial charge >= 0.3 is 0 Å². The number of halogens is 1. The van der Waals surface area contributed by atoms with Gasteiger partial charge in [-0.3, -0.25) is 9.69 Å². The van der Waals surface area contributed by atoms with Crippen LogP contribution in [0.15, 0.2) is 54.6 Å². The molecular weight excluding hydrogens is 472 g/mol. The van der Waals surface area contributed by atoms with Crippen molar-refractivity contribution in [2.45, 2.75) is 63.4 Å². The Labute approximate surface area is 220 Å². The quantitative estimate of drug-likeness (QED) is 0.521. The van der Waals surface area contributed by atoms with E-state index in [9.17, 15) is 9.90 Å². The number of rotatable bonds is 7. The van der Waals surface area contributed by atoms with Gasteiger partial charge < -0.3 is 20.6 Å². The lowest BCUT2D eigenvalue weighted by molar-refractivity contribution is -0.127. The lowest BCUT2D eigenvalue weighted by Crippen LogP contribution is -2.68. The van der Waals surface area contributed by atoms with Crippen molar-refractivity contribution >= 4 is 23.2 Å². The minimum absolute atomic E-state index is 0.0732. The molecule has 5 rings (SSSR count). The Morgan fingerprint density at radius 1 is 1.14 bits per heavy atom. The predicted molar refractivity (Wildman–Crippen MR) is 145 cm³/mol. The summed E-state index contributed by atoms with van der Waals surface area (Å²) in [7, 11) is 0. The van der Waals surface area contributed by atoms with Crippen molar-refractivity contribution in [2.24, 2.45) is 11.8 Å². The summed E-state index contributed by atoms with van der Waals surface area (Å²) in [6.07, 6.45) is 3.68. The number of carbonyl (C=O) groups excluding carboxylic acids is 1. The number of para-hydroxylation sites is 1. The standard InChI is InChI=1S/C29H39ClN4O2/c1-29(2)19-33(26-11-7-6-10-24(26)30)27(35)18-34(29)23-15-22(16-31-17-23)28(36)32-25(14-20-12-13-20)21-8-4-3-5-9-21/h3-11,20,22-23,25,27,31,35H,12-19H2,1-2H3,(H,32,36)/t22-,23+,25?,27?/m0/s1. The van der Waals surface area contributed by atoms with Crippen LogP contribution in [-0.4, -0.2) is 59.9 Å². The van der Waals surface area contributed by atoms with Gasteiger partial charge in [0.15, 0.2) is 0 Å². The average Bonchev–Trinajstić information content (AvgIpc) is 3.70. The summed E-state index contributed by atoms with van der Waals surface area (Å²) >= 11 is 6.46. The zero-order valence-corrected chi connectivity index (χ0v) is 22.1. The first-order valence-electron chi connectivity index (χ1n) is 13.3. The summed E-state index contributed by atoms with van der Waals surface area (Å²) in [4.78, 5) is 17.9. The second-order valence-electron chi connectivity index (χ2n) is 11.4. The number of nitrogens with zero attached hydrogens (tertiary/aromatic N) is 2. The summed E-state index contributed by atoms with van der Waals surface area (Å²) < 4.78 is 0. The van der Waals surface area contributed by atoms with Crippen LogP contribution in [0.5, 0.6) is 0 Å². The Morgan fingerprint density at radius 2 is 1.86 bits per heavy atom. The van der Waals surface area contributed by atoms with Crippen molar-refractivity contribution in [3.05, 3.63) is 65.2 Å². The van der Waals surface area contributed by atoms with Gasteiger partial charge in [0.1, 0.15) is 6.23 Å². The first-order chi connectivity index (χ1) is 17.3. The van der Waals surface area contributed by atoms with Crippen LogP contribution in [0, 0.1) is 11.8 Å². The molecule has 1 saturated carbocycles. The summed E-state index contributed by atoms with van der Waals surface area (Å²) in [5.74, 6) is 0.767. The SMILES string of the molecule is CC1(C)CN(c2ccccc2Cl)C(O)CN1[C@H]1CNC[C@@H](C(=O)NC(CC2CC2)c2ccccc2)C1. The van der Waals surface area contributed by atoms with Crippen LogP contribution in [0.1, 0.15) is 51.1 Å². The van der Waals surface area contributed by atoms with Gasteiger partial charge in [0.25, 0.3) is 0 Å². The van der Waals surface area contributed by atoms with Gasteiger partial charge in [0.2, 0.25) is 5.91 Å². The van der Waals surface area contributed by atoms with Crippen molar-refractivity contribution < 1.29 is 9.90 Å². The minimum atomic E-state index is -0.659. The molecule has 2 aliphatic heterocycles. The average molecular weight is 511 g/mol. The fourth-order valence-corrected chi connectivity index (χ4v) is 6.25. The zero-order chi connectivity index (χ0) is 25.3. The zero-order valence-electron chi connectivity index (χ0n) is 21.4. The molecule has 2 aromatic rings. The lowest BCUT2D eigenvalue weighted by atomic mass is 9.88. The third kappa shape index (κ3) is 5.72. The number of carbonyl (C=O) groups is 1. The highest BCUT2D eigenvalue weighted by molar-refractivity contribution is 6.33. The number of hydrogen-bond acceptors (Lipinski definition) is 5. The summed E-state index contributed by atoms with van der Waals surface area (Å²) in [6, 6.07) is 18.3. The molecule has 194 valence electrons. The maximum atomic E-state index is 13.5. The Morgan fingerprint density at radius 3 is 2.58 bits per heavy atom. The number of amides is 1. The third-order valence-corrected chi connectivity index (χ3v) is 8.46. The minimum Gasteiger partial charge on any atom is -0.372 e. The first-order valence-corrected chi connectivity index (χ1v) is 13.7. The number of β-amino-alcohol motifs (C(OH)–C–C–N with tert-alkyl or cyclic N) is 1. The van der Waals surface area contributed by atoms with Gasteiger partial charge in [0.05, 0.1) is 22.7 Å². The highest BCUT2D eigenvalue weighted by Gasteiger charge is 2.44. The fraction of sp³-hybridized carbons (Fsp3) is 0.552. The van der Waals surface area contributed by atoms with Crippen molar-refractivity contribution in [1.82, 2.24) is 15.5 Å². The molecule has 0 bridgehead atoms. The number of aliphatic hydroxyl groups is 1. The summed E-state index contributed by atoms with van der Waals surface area (Å²) in [6.45, 7) is 7.10. The molecule has 2 heterocycles. The number of piperazine rings is 1. The van der Waals surface area contributed by atoms with Gasteiger partial charge in [-0.05, 0) is 50.3 Å². The van der Waals surface area contributed by atoms with E-state index in [4.69, 9.17) is 11.6 Å². The van der Waals surface area contributed by atoms with Gasteiger partial charge in [0, 0.05) is 37.8 Å². The van der Waals surface area contributed by atoms with E-state index in [1.807, 2.05) is 35.2 Å². The normalized spacial score (nSPS) is 27.4.